The third-order valence-corrected chi connectivity index (χ3v) is 5.78. The Morgan fingerprint density at radius 1 is 0.767 bits per heavy atom. The van der Waals surface area contributed by atoms with Gasteiger partial charge in [-0.1, -0.05) is 39.0 Å². The number of phenols is 1. The number of Topliss-reactive ketones (excluding diaryl/α,β-unsaturated/α-hetero) is 2. The lowest BCUT2D eigenvalue weighted by atomic mass is 10.1. The molecular formula is C26H32O4. The molecule has 0 amide bonds. The second-order valence-electron chi connectivity index (χ2n) is 8.12. The van der Waals surface area contributed by atoms with Crippen LogP contribution in [0.2, 0.25) is 0 Å². The van der Waals surface area contributed by atoms with E-state index < -0.39 is 0 Å². The molecule has 4 nitrogen and oxygen atoms in total. The minimum absolute atomic E-state index is 0.194. The summed E-state index contributed by atoms with van der Waals surface area (Å²) in [6.45, 7) is 3.03. The van der Waals surface area contributed by atoms with Crippen molar-refractivity contribution >= 4 is 11.6 Å². The van der Waals surface area contributed by atoms with Crippen molar-refractivity contribution in [3.8, 4) is 11.5 Å². The molecular weight excluding hydrogens is 376 g/mol. The number of hydrogen-bond donors (Lipinski definition) is 1. The molecule has 2 aliphatic rings. The van der Waals surface area contributed by atoms with Gasteiger partial charge >= 0.3 is 0 Å². The highest BCUT2D eigenvalue weighted by Gasteiger charge is 2.20. The minimum atomic E-state index is 0.194. The molecule has 0 unspecified atom stereocenters. The predicted molar refractivity (Wildman–Crippen MR) is 119 cm³/mol. The number of ether oxygens (including phenoxy) is 1. The van der Waals surface area contributed by atoms with Gasteiger partial charge in [0.1, 0.15) is 11.5 Å². The summed E-state index contributed by atoms with van der Waals surface area (Å²) in [4.78, 5) is 22.6. The van der Waals surface area contributed by atoms with Crippen LogP contribution < -0.4 is 4.74 Å². The van der Waals surface area contributed by atoms with Crippen molar-refractivity contribution in [2.45, 2.75) is 71.1 Å². The van der Waals surface area contributed by atoms with Crippen molar-refractivity contribution in [3.63, 3.8) is 0 Å². The average molecular weight is 409 g/mol. The molecule has 0 saturated heterocycles. The normalized spacial score (nSPS) is 14.2. The van der Waals surface area contributed by atoms with E-state index in [2.05, 4.69) is 6.92 Å². The monoisotopic (exact) mass is 408 g/mol. The first kappa shape index (κ1) is 22.1. The third-order valence-electron chi connectivity index (χ3n) is 5.78. The molecule has 2 aromatic rings. The van der Waals surface area contributed by atoms with Crippen molar-refractivity contribution in [3.05, 3.63) is 58.7 Å². The summed E-state index contributed by atoms with van der Waals surface area (Å²) in [6.07, 6.45) is 10.6. The fourth-order valence-corrected chi connectivity index (χ4v) is 4.04. The van der Waals surface area contributed by atoms with Crippen LogP contribution in [0, 0.1) is 0 Å². The lowest BCUT2D eigenvalue weighted by molar-refractivity contribution is 0.0986. The minimum Gasteiger partial charge on any atom is -0.508 e. The maximum atomic E-state index is 11.5. The molecule has 30 heavy (non-hydrogen) atoms. The molecule has 0 aromatic heterocycles. The number of carbonyl (C=O) groups is 2. The number of benzene rings is 2. The van der Waals surface area contributed by atoms with E-state index in [1.807, 2.05) is 18.2 Å². The fourth-order valence-electron chi connectivity index (χ4n) is 4.04. The highest BCUT2D eigenvalue weighted by Crippen LogP contribution is 2.26. The van der Waals surface area contributed by atoms with E-state index in [1.165, 1.54) is 32.1 Å². The maximum absolute atomic E-state index is 11.5. The van der Waals surface area contributed by atoms with Crippen LogP contribution in [-0.2, 0) is 12.8 Å². The van der Waals surface area contributed by atoms with Gasteiger partial charge in [0, 0.05) is 24.0 Å². The molecule has 0 saturated carbocycles. The summed E-state index contributed by atoms with van der Waals surface area (Å²) in [6, 6.07) is 10.8. The van der Waals surface area contributed by atoms with Gasteiger partial charge in [0.25, 0.3) is 0 Å². The molecule has 2 aromatic carbocycles. The summed E-state index contributed by atoms with van der Waals surface area (Å²) >= 11 is 0. The van der Waals surface area contributed by atoms with Crippen LogP contribution >= 0.6 is 0 Å². The van der Waals surface area contributed by atoms with Gasteiger partial charge in [-0.25, -0.2) is 0 Å². The van der Waals surface area contributed by atoms with E-state index in [-0.39, 0.29) is 17.3 Å². The van der Waals surface area contributed by atoms with Gasteiger partial charge in [-0.15, -0.1) is 0 Å². The Bertz CT molecular complexity index is 885. The number of aryl methyl sites for hydroxylation is 2. The predicted octanol–water partition coefficient (Wildman–Crippen LogP) is 6.08. The number of rotatable bonds is 8. The SMILES string of the molecule is CCCCCCCCOc1ccc2c(c1)CCC2=O.O=C1CCc2cc(O)ccc21. The quantitative estimate of drug-likeness (QED) is 0.538. The Balaban J connectivity index is 0.000000196. The molecule has 0 spiro atoms. The molecule has 4 heteroatoms. The summed E-state index contributed by atoms with van der Waals surface area (Å²) in [5.41, 5.74) is 3.81. The number of phenolic OH excluding ortho intramolecular Hbond substituents is 1. The van der Waals surface area contributed by atoms with Gasteiger partial charge in [0.05, 0.1) is 6.61 Å². The zero-order valence-electron chi connectivity index (χ0n) is 17.9. The van der Waals surface area contributed by atoms with Crippen LogP contribution in [0.15, 0.2) is 36.4 Å². The van der Waals surface area contributed by atoms with E-state index in [1.54, 1.807) is 18.2 Å². The number of unbranched alkanes of at least 4 members (excludes halogenated alkanes) is 5. The first-order valence-electron chi connectivity index (χ1n) is 11.2. The second kappa shape index (κ2) is 11.0. The number of aromatic hydroxyl groups is 1. The lowest BCUT2D eigenvalue weighted by Gasteiger charge is -2.07. The van der Waals surface area contributed by atoms with E-state index in [9.17, 15) is 9.59 Å². The Hall–Kier alpha value is -2.62. The topological polar surface area (TPSA) is 63.6 Å². The lowest BCUT2D eigenvalue weighted by Crippen LogP contribution is -1.98. The number of ketones is 2. The highest BCUT2D eigenvalue weighted by molar-refractivity contribution is 6.01. The second-order valence-corrected chi connectivity index (χ2v) is 8.12. The summed E-state index contributed by atoms with van der Waals surface area (Å²) < 4.78 is 5.76. The van der Waals surface area contributed by atoms with E-state index >= 15 is 0 Å². The first-order chi connectivity index (χ1) is 14.6. The molecule has 0 fully saturated rings. The van der Waals surface area contributed by atoms with Crippen molar-refractivity contribution in [2.24, 2.45) is 0 Å². The van der Waals surface area contributed by atoms with Crippen LogP contribution in [0.4, 0.5) is 0 Å². The Morgan fingerprint density at radius 3 is 2.07 bits per heavy atom. The first-order valence-corrected chi connectivity index (χ1v) is 11.2. The standard InChI is InChI=1S/C17H24O2.C9H8O2/c1-2-3-4-5-6-7-12-19-15-9-10-16-14(13-15)8-11-17(16)18;10-7-2-3-8-6(5-7)1-4-9(8)11/h9-10,13H,2-8,11-12H2,1H3;2-3,5,10H,1,4H2. The Labute approximate surface area is 179 Å². The van der Waals surface area contributed by atoms with Crippen LogP contribution in [0.5, 0.6) is 11.5 Å². The third kappa shape index (κ3) is 5.94. The molecule has 1 N–H and O–H groups in total. The highest BCUT2D eigenvalue weighted by atomic mass is 16.5. The van der Waals surface area contributed by atoms with Gasteiger partial charge < -0.3 is 9.84 Å². The smallest absolute Gasteiger partial charge is 0.163 e. The molecule has 0 heterocycles. The largest absolute Gasteiger partial charge is 0.508 e. The van der Waals surface area contributed by atoms with Gasteiger partial charge in [-0.05, 0) is 66.8 Å². The summed E-state index contributed by atoms with van der Waals surface area (Å²) in [7, 11) is 0. The van der Waals surface area contributed by atoms with Crippen LogP contribution in [0.25, 0.3) is 0 Å². The summed E-state index contributed by atoms with van der Waals surface area (Å²) in [5, 5.41) is 9.07. The van der Waals surface area contributed by atoms with Gasteiger partial charge in [0.2, 0.25) is 0 Å². The number of hydrogen-bond acceptors (Lipinski definition) is 4. The van der Waals surface area contributed by atoms with E-state index in [0.717, 1.165) is 53.9 Å². The van der Waals surface area contributed by atoms with Crippen LogP contribution in [0.3, 0.4) is 0 Å². The molecule has 0 aliphatic heterocycles. The van der Waals surface area contributed by atoms with Crippen molar-refractivity contribution in [2.75, 3.05) is 6.61 Å². The molecule has 0 bridgehead atoms. The Kier molecular flexibility index (Phi) is 8.06. The van der Waals surface area contributed by atoms with Gasteiger partial charge in [-0.3, -0.25) is 9.59 Å². The van der Waals surface area contributed by atoms with E-state index in [0.29, 0.717) is 12.8 Å². The fraction of sp³-hybridized carbons (Fsp3) is 0.462. The zero-order valence-corrected chi connectivity index (χ0v) is 17.9. The number of fused-ring (bicyclic) bond motifs is 2. The molecule has 160 valence electrons. The van der Waals surface area contributed by atoms with Gasteiger partial charge in [0.15, 0.2) is 11.6 Å². The van der Waals surface area contributed by atoms with Crippen molar-refractivity contribution in [1.82, 2.24) is 0 Å². The van der Waals surface area contributed by atoms with Crippen molar-refractivity contribution in [1.29, 1.82) is 0 Å². The molecule has 2 aliphatic carbocycles. The van der Waals surface area contributed by atoms with Crippen molar-refractivity contribution < 1.29 is 19.4 Å². The molecule has 4 rings (SSSR count). The maximum Gasteiger partial charge on any atom is 0.163 e. The molecule has 0 atom stereocenters. The van der Waals surface area contributed by atoms with Crippen LogP contribution in [-0.4, -0.2) is 23.3 Å². The molecule has 0 radical (unpaired) electrons. The average Bonchev–Trinajstić information content (AvgIpc) is 3.30. The zero-order chi connectivity index (χ0) is 21.3. The van der Waals surface area contributed by atoms with Gasteiger partial charge in [-0.2, -0.15) is 0 Å². The summed E-state index contributed by atoms with van der Waals surface area (Å²) in [5.74, 6) is 1.64. The Morgan fingerprint density at radius 2 is 1.37 bits per heavy atom. The van der Waals surface area contributed by atoms with Crippen LogP contribution in [0.1, 0.15) is 90.1 Å². The number of carbonyl (C=O) groups excluding carboxylic acids is 2. The van der Waals surface area contributed by atoms with E-state index in [4.69, 9.17) is 9.84 Å².